The number of aromatic carboxylic acids is 1. The van der Waals surface area contributed by atoms with Gasteiger partial charge in [-0.2, -0.15) is 0 Å². The van der Waals surface area contributed by atoms with Gasteiger partial charge in [-0.15, -0.1) is 0 Å². The molecule has 0 spiro atoms. The summed E-state index contributed by atoms with van der Waals surface area (Å²) in [6.07, 6.45) is 2.97. The molecule has 27 heavy (non-hydrogen) atoms. The van der Waals surface area contributed by atoms with Crippen LogP contribution in [0.1, 0.15) is 21.5 Å². The van der Waals surface area contributed by atoms with Crippen LogP contribution < -0.4 is 5.32 Å². The molecule has 5 nitrogen and oxygen atoms in total. The van der Waals surface area contributed by atoms with Gasteiger partial charge < -0.3 is 14.8 Å². The van der Waals surface area contributed by atoms with Gasteiger partial charge >= 0.3 is 5.97 Å². The number of benzene rings is 2. The average Bonchev–Trinajstić information content (AvgIpc) is 3.21. The fourth-order valence-electron chi connectivity index (χ4n) is 2.89. The van der Waals surface area contributed by atoms with Crippen LogP contribution in [0.2, 0.25) is 5.02 Å². The molecule has 0 unspecified atom stereocenters. The number of hydrogen-bond donors (Lipinski definition) is 2. The topological polar surface area (TPSA) is 79.5 Å². The second-order valence-electron chi connectivity index (χ2n) is 5.95. The fourth-order valence-corrected chi connectivity index (χ4v) is 3.06. The van der Waals surface area contributed by atoms with Gasteiger partial charge in [0.15, 0.2) is 0 Å². The Kier molecular flexibility index (Phi) is 4.05. The van der Waals surface area contributed by atoms with Gasteiger partial charge in [0.1, 0.15) is 11.6 Å². The second kappa shape index (κ2) is 6.41. The second-order valence-corrected chi connectivity index (χ2v) is 6.38. The van der Waals surface area contributed by atoms with Crippen molar-refractivity contribution in [2.24, 2.45) is 0 Å². The van der Waals surface area contributed by atoms with E-state index >= 15 is 0 Å². The molecule has 0 bridgehead atoms. The van der Waals surface area contributed by atoms with E-state index in [1.54, 1.807) is 24.3 Å². The minimum atomic E-state index is -1.17. The largest absolute Gasteiger partial charge is 0.478 e. The first-order valence-electron chi connectivity index (χ1n) is 7.87. The predicted molar refractivity (Wildman–Crippen MR) is 99.0 cm³/mol. The van der Waals surface area contributed by atoms with Crippen molar-refractivity contribution in [2.75, 3.05) is 5.32 Å². The number of amides is 1. The molecule has 134 valence electrons. The SMILES string of the molecule is O=C1Nc2ccc(Cl)cc2/C1=C/c1coc(-c2cc(C(=O)O)ccc2F)c1. The van der Waals surface area contributed by atoms with Crippen molar-refractivity contribution in [1.29, 1.82) is 0 Å². The third kappa shape index (κ3) is 3.11. The zero-order valence-electron chi connectivity index (χ0n) is 13.6. The summed E-state index contributed by atoms with van der Waals surface area (Å²) in [6, 6.07) is 10.1. The fraction of sp³-hybridized carbons (Fsp3) is 0. The Hall–Kier alpha value is -3.38. The summed E-state index contributed by atoms with van der Waals surface area (Å²) < 4.78 is 19.5. The highest BCUT2D eigenvalue weighted by atomic mass is 35.5. The number of rotatable bonds is 3. The molecule has 2 aromatic carbocycles. The minimum absolute atomic E-state index is 0.0267. The maximum atomic E-state index is 14.1. The summed E-state index contributed by atoms with van der Waals surface area (Å²) in [4.78, 5) is 23.3. The number of anilines is 1. The Bertz CT molecular complexity index is 1130. The van der Waals surface area contributed by atoms with Crippen molar-refractivity contribution < 1.29 is 23.5 Å². The first-order valence-corrected chi connectivity index (χ1v) is 8.25. The first kappa shape index (κ1) is 17.1. The lowest BCUT2D eigenvalue weighted by Gasteiger charge is -2.01. The molecular weight excluding hydrogens is 373 g/mol. The van der Waals surface area contributed by atoms with E-state index in [4.69, 9.17) is 21.1 Å². The van der Waals surface area contributed by atoms with E-state index in [1.807, 2.05) is 0 Å². The van der Waals surface area contributed by atoms with Crippen molar-refractivity contribution in [3.63, 3.8) is 0 Å². The quantitative estimate of drug-likeness (QED) is 0.628. The van der Waals surface area contributed by atoms with Gasteiger partial charge in [-0.3, -0.25) is 4.79 Å². The summed E-state index contributed by atoms with van der Waals surface area (Å²) in [7, 11) is 0. The van der Waals surface area contributed by atoms with Crippen LogP contribution in [0.15, 0.2) is 53.1 Å². The van der Waals surface area contributed by atoms with Gasteiger partial charge in [0.25, 0.3) is 5.91 Å². The van der Waals surface area contributed by atoms with Gasteiger partial charge in [0.05, 0.1) is 17.4 Å². The number of carboxylic acids is 1. The Labute approximate surface area is 157 Å². The number of carbonyl (C=O) groups is 2. The molecule has 1 amide bonds. The molecule has 2 heterocycles. The van der Waals surface area contributed by atoms with Gasteiger partial charge in [0, 0.05) is 27.4 Å². The zero-order chi connectivity index (χ0) is 19.1. The van der Waals surface area contributed by atoms with Gasteiger partial charge in [0.2, 0.25) is 0 Å². The molecule has 1 aromatic heterocycles. The Morgan fingerprint density at radius 1 is 1.15 bits per heavy atom. The number of hydrogen-bond acceptors (Lipinski definition) is 3. The molecule has 1 aliphatic rings. The van der Waals surface area contributed by atoms with Gasteiger partial charge in [-0.25, -0.2) is 9.18 Å². The number of fused-ring (bicyclic) bond motifs is 1. The number of nitrogens with one attached hydrogen (secondary N) is 1. The van der Waals surface area contributed by atoms with Crippen LogP contribution in [-0.2, 0) is 4.79 Å². The van der Waals surface area contributed by atoms with E-state index < -0.39 is 11.8 Å². The summed E-state index contributed by atoms with van der Waals surface area (Å²) in [5.41, 5.74) is 2.22. The maximum Gasteiger partial charge on any atom is 0.335 e. The predicted octanol–water partition coefficient (Wildman–Crippen LogP) is 4.93. The van der Waals surface area contributed by atoms with Crippen molar-refractivity contribution in [3.8, 4) is 11.3 Å². The van der Waals surface area contributed by atoms with E-state index in [2.05, 4.69) is 5.32 Å². The average molecular weight is 384 g/mol. The van der Waals surface area contributed by atoms with Crippen LogP contribution in [0.3, 0.4) is 0 Å². The number of furan rings is 1. The van der Waals surface area contributed by atoms with E-state index in [-0.39, 0.29) is 22.8 Å². The van der Waals surface area contributed by atoms with E-state index in [0.717, 1.165) is 6.07 Å². The third-order valence-electron chi connectivity index (χ3n) is 4.17. The van der Waals surface area contributed by atoms with Crippen molar-refractivity contribution in [3.05, 3.63) is 76.3 Å². The Balaban J connectivity index is 1.74. The molecule has 0 aliphatic carbocycles. The molecule has 0 atom stereocenters. The van der Waals surface area contributed by atoms with Crippen LogP contribution in [-0.4, -0.2) is 17.0 Å². The van der Waals surface area contributed by atoms with Crippen LogP contribution in [0, 0.1) is 5.82 Å². The van der Waals surface area contributed by atoms with Crippen molar-refractivity contribution in [2.45, 2.75) is 0 Å². The monoisotopic (exact) mass is 383 g/mol. The lowest BCUT2D eigenvalue weighted by molar-refractivity contribution is -0.110. The highest BCUT2D eigenvalue weighted by molar-refractivity contribution is 6.36. The lowest BCUT2D eigenvalue weighted by Crippen LogP contribution is -2.03. The molecule has 0 saturated carbocycles. The minimum Gasteiger partial charge on any atom is -0.478 e. The molecule has 1 aliphatic heterocycles. The normalized spacial score (nSPS) is 14.3. The van der Waals surface area contributed by atoms with Gasteiger partial charge in [-0.05, 0) is 48.5 Å². The molecule has 0 fully saturated rings. The van der Waals surface area contributed by atoms with E-state index in [0.29, 0.717) is 27.4 Å². The van der Waals surface area contributed by atoms with E-state index in [1.165, 1.54) is 24.5 Å². The highest BCUT2D eigenvalue weighted by Gasteiger charge is 2.24. The number of carbonyl (C=O) groups excluding carboxylic acids is 1. The standard InChI is InChI=1S/C20H11ClFNO4/c21-12-2-4-17-13(8-12)14(19(24)23-17)5-10-6-18(27-9-10)15-7-11(20(25)26)1-3-16(15)22/h1-9H,(H,23,24)(H,25,26)/b14-5-. The zero-order valence-corrected chi connectivity index (χ0v) is 14.4. The first-order chi connectivity index (χ1) is 12.9. The molecule has 0 saturated heterocycles. The van der Waals surface area contributed by atoms with Crippen molar-refractivity contribution >= 4 is 40.8 Å². The maximum absolute atomic E-state index is 14.1. The smallest absolute Gasteiger partial charge is 0.335 e. The Morgan fingerprint density at radius 2 is 1.96 bits per heavy atom. The summed E-state index contributed by atoms with van der Waals surface area (Å²) in [5.74, 6) is -1.90. The summed E-state index contributed by atoms with van der Waals surface area (Å²) >= 11 is 6.01. The van der Waals surface area contributed by atoms with Crippen LogP contribution >= 0.6 is 11.6 Å². The van der Waals surface area contributed by atoms with Crippen LogP contribution in [0.4, 0.5) is 10.1 Å². The lowest BCUT2D eigenvalue weighted by atomic mass is 10.0. The van der Waals surface area contributed by atoms with Crippen LogP contribution in [0.5, 0.6) is 0 Å². The highest BCUT2D eigenvalue weighted by Crippen LogP contribution is 2.36. The van der Waals surface area contributed by atoms with E-state index in [9.17, 15) is 14.0 Å². The van der Waals surface area contributed by atoms with Crippen molar-refractivity contribution in [1.82, 2.24) is 0 Å². The van der Waals surface area contributed by atoms with Crippen LogP contribution in [0.25, 0.3) is 23.0 Å². The molecule has 3 aromatic rings. The molecule has 4 rings (SSSR count). The molecule has 7 heteroatoms. The Morgan fingerprint density at radius 3 is 2.74 bits per heavy atom. The molecule has 2 N–H and O–H groups in total. The van der Waals surface area contributed by atoms with Gasteiger partial charge in [-0.1, -0.05) is 11.6 Å². The summed E-state index contributed by atoms with van der Waals surface area (Å²) in [6.45, 7) is 0. The number of halogens is 2. The third-order valence-corrected chi connectivity index (χ3v) is 4.41. The summed E-state index contributed by atoms with van der Waals surface area (Å²) in [5, 5.41) is 12.3. The molecule has 0 radical (unpaired) electrons. The molecular formula is C20H11ClFNO4. The number of carboxylic acid groups (broad SMARTS) is 1.